The van der Waals surface area contributed by atoms with Crippen LogP contribution in [0.5, 0.6) is 5.75 Å². The lowest BCUT2D eigenvalue weighted by Crippen LogP contribution is -2.31. The summed E-state index contributed by atoms with van der Waals surface area (Å²) in [6.45, 7) is 8.44. The van der Waals surface area contributed by atoms with E-state index in [-0.39, 0.29) is 42.3 Å². The molecule has 1 aliphatic rings. The first-order chi connectivity index (χ1) is 19.2. The first-order valence-electron chi connectivity index (χ1n) is 13.0. The van der Waals surface area contributed by atoms with Gasteiger partial charge in [-0.25, -0.2) is 13.6 Å². The number of nitrogens with zero attached hydrogens (tertiary/aromatic N) is 1. The number of amides is 2. The van der Waals surface area contributed by atoms with E-state index < -0.39 is 10.0 Å². The van der Waals surface area contributed by atoms with Gasteiger partial charge in [0.2, 0.25) is 10.0 Å². The predicted molar refractivity (Wildman–Crippen MR) is 154 cm³/mol. The molecule has 0 atom stereocenters. The molecule has 0 bridgehead atoms. The van der Waals surface area contributed by atoms with Gasteiger partial charge in [-0.05, 0) is 48.4 Å². The Bertz CT molecular complexity index is 1290. The standard InChI is InChI=1S/C19H17NO4.C7H9NO3S.2C2H6/c21-17(24-13-14-7-2-1-3-8-14)11-6-12-20-18(22)15-9-4-5-10-16(15)19(20)23;1-11-6-2-4-7(5-3-6)12(8,9)10;2*1-2/h1-5,7-10H,6,11-13H2;2-5H,1H3,(H2,8,9,10);2*1-2H3. The SMILES string of the molecule is CC.CC.COc1ccc(S(N)(=O)=O)cc1.O=C(CCCN1C(=O)c2ccccc2C1=O)OCc1ccccc1. The Morgan fingerprint density at radius 2 is 1.30 bits per heavy atom. The second kappa shape index (κ2) is 17.5. The van der Waals surface area contributed by atoms with Crippen molar-refractivity contribution >= 4 is 27.8 Å². The summed E-state index contributed by atoms with van der Waals surface area (Å²) in [7, 11) is -2.08. The topological polar surface area (TPSA) is 133 Å². The maximum atomic E-state index is 12.2. The molecule has 0 saturated heterocycles. The van der Waals surface area contributed by atoms with Gasteiger partial charge >= 0.3 is 5.97 Å². The van der Waals surface area contributed by atoms with E-state index in [9.17, 15) is 22.8 Å². The molecule has 0 fully saturated rings. The van der Waals surface area contributed by atoms with Crippen molar-refractivity contribution in [3.05, 3.63) is 95.6 Å². The smallest absolute Gasteiger partial charge is 0.306 e. The number of imide groups is 1. The number of primary sulfonamides is 1. The summed E-state index contributed by atoms with van der Waals surface area (Å²) < 4.78 is 31.6. The zero-order valence-electron chi connectivity index (χ0n) is 23.6. The van der Waals surface area contributed by atoms with Gasteiger partial charge in [-0.15, -0.1) is 0 Å². The molecule has 0 unspecified atom stereocenters. The molecule has 3 aromatic carbocycles. The highest BCUT2D eigenvalue weighted by atomic mass is 32.2. The molecule has 0 radical (unpaired) electrons. The number of hydrogen-bond donors (Lipinski definition) is 1. The molecule has 0 aromatic heterocycles. The molecule has 0 aliphatic carbocycles. The second-order valence-electron chi connectivity index (χ2n) is 7.78. The van der Waals surface area contributed by atoms with Gasteiger partial charge in [0.1, 0.15) is 12.4 Å². The van der Waals surface area contributed by atoms with E-state index in [0.29, 0.717) is 23.3 Å². The van der Waals surface area contributed by atoms with Crippen molar-refractivity contribution in [2.45, 2.75) is 52.0 Å². The Kier molecular flexibility index (Phi) is 14.9. The van der Waals surface area contributed by atoms with Crippen molar-refractivity contribution in [1.29, 1.82) is 0 Å². The van der Waals surface area contributed by atoms with E-state index in [4.69, 9.17) is 14.6 Å². The fourth-order valence-electron chi connectivity index (χ4n) is 3.40. The largest absolute Gasteiger partial charge is 0.497 e. The minimum Gasteiger partial charge on any atom is -0.497 e. The van der Waals surface area contributed by atoms with Crippen molar-refractivity contribution in [3.8, 4) is 5.75 Å². The molecule has 4 rings (SSSR count). The van der Waals surface area contributed by atoms with Crippen molar-refractivity contribution in [3.63, 3.8) is 0 Å². The van der Waals surface area contributed by atoms with E-state index >= 15 is 0 Å². The lowest BCUT2D eigenvalue weighted by Gasteiger charge is -2.13. The molecule has 1 aliphatic heterocycles. The molecule has 9 nitrogen and oxygen atoms in total. The van der Waals surface area contributed by atoms with Crippen LogP contribution in [0.3, 0.4) is 0 Å². The highest BCUT2D eigenvalue weighted by Gasteiger charge is 2.34. The number of benzene rings is 3. The van der Waals surface area contributed by atoms with Crippen LogP contribution in [0.25, 0.3) is 0 Å². The minimum atomic E-state index is -3.58. The quantitative estimate of drug-likeness (QED) is 0.291. The number of hydrogen-bond acceptors (Lipinski definition) is 7. The molecule has 2 N–H and O–H groups in total. The van der Waals surface area contributed by atoms with Crippen molar-refractivity contribution in [1.82, 2.24) is 4.90 Å². The van der Waals surface area contributed by atoms with E-state index in [2.05, 4.69) is 0 Å². The molecular formula is C30H38N2O7S. The third-order valence-corrected chi connectivity index (χ3v) is 6.20. The summed E-state index contributed by atoms with van der Waals surface area (Å²) in [6, 6.07) is 22.0. The van der Waals surface area contributed by atoms with Gasteiger partial charge in [0, 0.05) is 13.0 Å². The first-order valence-corrected chi connectivity index (χ1v) is 14.6. The average molecular weight is 571 g/mol. The summed E-state index contributed by atoms with van der Waals surface area (Å²) in [4.78, 5) is 37.4. The molecule has 10 heteroatoms. The van der Waals surface area contributed by atoms with Crippen LogP contribution in [0.1, 0.15) is 66.8 Å². The Labute approximate surface area is 237 Å². The number of carbonyl (C=O) groups excluding carboxylic acids is 3. The maximum absolute atomic E-state index is 12.2. The van der Waals surface area contributed by atoms with E-state index in [0.717, 1.165) is 5.56 Å². The summed E-state index contributed by atoms with van der Waals surface area (Å²) >= 11 is 0. The normalized spacial score (nSPS) is 11.5. The minimum absolute atomic E-state index is 0.0864. The van der Waals surface area contributed by atoms with E-state index in [1.165, 1.54) is 24.1 Å². The molecule has 1 heterocycles. The van der Waals surface area contributed by atoms with E-state index in [1.54, 1.807) is 36.4 Å². The second-order valence-corrected chi connectivity index (χ2v) is 9.34. The Hall–Kier alpha value is -4.02. The third-order valence-electron chi connectivity index (χ3n) is 5.27. The highest BCUT2D eigenvalue weighted by Crippen LogP contribution is 2.22. The van der Waals surface area contributed by atoms with Gasteiger partial charge < -0.3 is 9.47 Å². The van der Waals surface area contributed by atoms with Crippen LogP contribution in [0.4, 0.5) is 0 Å². The molecule has 2 amide bonds. The first kappa shape index (κ1) is 34.0. The summed E-state index contributed by atoms with van der Waals surface area (Å²) in [5, 5.41) is 4.88. The van der Waals surface area contributed by atoms with Crippen LogP contribution in [0.2, 0.25) is 0 Å². The van der Waals surface area contributed by atoms with Gasteiger partial charge in [0.25, 0.3) is 11.8 Å². The summed E-state index contributed by atoms with van der Waals surface area (Å²) in [6.07, 6.45) is 0.555. The zero-order valence-corrected chi connectivity index (χ0v) is 24.4. The Morgan fingerprint density at radius 3 is 1.77 bits per heavy atom. The molecule has 216 valence electrons. The highest BCUT2D eigenvalue weighted by molar-refractivity contribution is 7.89. The number of carbonyl (C=O) groups is 3. The van der Waals surface area contributed by atoms with Crippen LogP contribution < -0.4 is 9.88 Å². The number of ether oxygens (including phenoxy) is 2. The maximum Gasteiger partial charge on any atom is 0.306 e. The molecule has 0 spiro atoms. The fourth-order valence-corrected chi connectivity index (χ4v) is 3.91. The Balaban J connectivity index is 0.000000421. The van der Waals surface area contributed by atoms with Crippen LogP contribution in [-0.2, 0) is 26.2 Å². The van der Waals surface area contributed by atoms with Gasteiger partial charge in [-0.1, -0.05) is 70.2 Å². The fraction of sp³-hybridized carbons (Fsp3) is 0.300. The number of fused-ring (bicyclic) bond motifs is 1. The van der Waals surface area contributed by atoms with Crippen molar-refractivity contribution in [2.24, 2.45) is 5.14 Å². The summed E-state index contributed by atoms with van der Waals surface area (Å²) in [5.74, 6) is -0.334. The van der Waals surface area contributed by atoms with Crippen molar-refractivity contribution in [2.75, 3.05) is 13.7 Å². The number of nitrogens with two attached hydrogens (primary N) is 1. The van der Waals surface area contributed by atoms with Gasteiger partial charge in [-0.3, -0.25) is 19.3 Å². The van der Waals surface area contributed by atoms with Gasteiger partial charge in [0.05, 0.1) is 23.1 Å². The van der Waals surface area contributed by atoms with Crippen LogP contribution in [-0.4, -0.2) is 44.8 Å². The molecular weight excluding hydrogens is 532 g/mol. The third kappa shape index (κ3) is 10.3. The van der Waals surface area contributed by atoms with Crippen LogP contribution in [0, 0.1) is 0 Å². The van der Waals surface area contributed by atoms with Gasteiger partial charge in [0.15, 0.2) is 0 Å². The lowest BCUT2D eigenvalue weighted by molar-refractivity contribution is -0.145. The summed E-state index contributed by atoms with van der Waals surface area (Å²) in [5.41, 5.74) is 1.77. The zero-order chi connectivity index (χ0) is 30.1. The van der Waals surface area contributed by atoms with E-state index in [1.807, 2.05) is 58.0 Å². The van der Waals surface area contributed by atoms with Crippen molar-refractivity contribution < 1.29 is 32.3 Å². The van der Waals surface area contributed by atoms with Crippen LogP contribution in [0.15, 0.2) is 83.8 Å². The van der Waals surface area contributed by atoms with Crippen LogP contribution >= 0.6 is 0 Å². The Morgan fingerprint density at radius 1 is 0.800 bits per heavy atom. The molecule has 3 aromatic rings. The monoisotopic (exact) mass is 570 g/mol. The van der Waals surface area contributed by atoms with Gasteiger partial charge in [-0.2, -0.15) is 0 Å². The predicted octanol–water partition coefficient (Wildman–Crippen LogP) is 5.20. The number of esters is 1. The lowest BCUT2D eigenvalue weighted by atomic mass is 10.1. The average Bonchev–Trinajstić information content (AvgIpc) is 3.23. The number of methoxy groups -OCH3 is 1. The molecule has 40 heavy (non-hydrogen) atoms. The number of rotatable bonds is 8. The molecule has 0 saturated carbocycles. The number of sulfonamides is 1.